The van der Waals surface area contributed by atoms with E-state index in [-0.39, 0.29) is 23.9 Å². The average Bonchev–Trinajstić information content (AvgIpc) is 3.05. The third-order valence-corrected chi connectivity index (χ3v) is 6.09. The molecule has 0 aliphatic carbocycles. The lowest BCUT2D eigenvalue weighted by molar-refractivity contribution is 0.357. The van der Waals surface area contributed by atoms with E-state index in [2.05, 4.69) is 30.0 Å². The van der Waals surface area contributed by atoms with Crippen molar-refractivity contribution in [3.05, 3.63) is 36.3 Å². The second-order valence-electron chi connectivity index (χ2n) is 7.98. The van der Waals surface area contributed by atoms with Crippen molar-refractivity contribution in [3.63, 3.8) is 0 Å². The number of anilines is 1. The summed E-state index contributed by atoms with van der Waals surface area (Å²) in [6, 6.07) is 0.649. The Labute approximate surface area is 173 Å². The van der Waals surface area contributed by atoms with Crippen molar-refractivity contribution in [2.75, 3.05) is 17.6 Å². The van der Waals surface area contributed by atoms with E-state index in [4.69, 9.17) is 0 Å². The highest BCUT2D eigenvalue weighted by atomic mass is 32.2. The molecule has 3 rings (SSSR count). The van der Waals surface area contributed by atoms with Crippen LogP contribution in [0.1, 0.15) is 27.7 Å². The molecule has 0 amide bonds. The van der Waals surface area contributed by atoms with Crippen LogP contribution in [0.4, 0.5) is 14.6 Å². The summed E-state index contributed by atoms with van der Waals surface area (Å²) in [7, 11) is -3.57. The summed E-state index contributed by atoms with van der Waals surface area (Å²) < 4.78 is 55.1. The predicted octanol–water partition coefficient (Wildman–Crippen LogP) is 3.06. The van der Waals surface area contributed by atoms with Crippen molar-refractivity contribution in [1.29, 1.82) is 0 Å². The van der Waals surface area contributed by atoms with Crippen LogP contribution in [0.5, 0.6) is 0 Å². The molecule has 0 saturated carbocycles. The number of nitrogens with one attached hydrogen (secondary N) is 3. The second kappa shape index (κ2) is 8.23. The Morgan fingerprint density at radius 3 is 2.60 bits per heavy atom. The summed E-state index contributed by atoms with van der Waals surface area (Å²) in [6.07, 6.45) is 3.64. The molecule has 30 heavy (non-hydrogen) atoms. The van der Waals surface area contributed by atoms with Crippen molar-refractivity contribution < 1.29 is 17.2 Å². The fourth-order valence-electron chi connectivity index (χ4n) is 2.93. The highest BCUT2D eigenvalue weighted by molar-refractivity contribution is 7.89. The zero-order valence-corrected chi connectivity index (χ0v) is 17.9. The van der Waals surface area contributed by atoms with Gasteiger partial charge in [0.05, 0.1) is 18.1 Å². The fourth-order valence-corrected chi connectivity index (χ4v) is 4.51. The molecule has 3 aromatic rings. The van der Waals surface area contributed by atoms with Gasteiger partial charge in [0.2, 0.25) is 10.0 Å². The van der Waals surface area contributed by atoms with Crippen molar-refractivity contribution >= 4 is 26.9 Å². The highest BCUT2D eigenvalue weighted by Crippen LogP contribution is 2.29. The molecule has 1 atom stereocenters. The van der Waals surface area contributed by atoms with Gasteiger partial charge in [0, 0.05) is 29.7 Å². The number of rotatable bonds is 7. The van der Waals surface area contributed by atoms with Gasteiger partial charge in [0.15, 0.2) is 17.5 Å². The number of nitrogens with zero attached hydrogens (tertiary/aromatic N) is 3. The molecule has 0 aliphatic rings. The maximum Gasteiger partial charge on any atom is 0.213 e. The lowest BCUT2D eigenvalue weighted by atomic mass is 9.88. The quantitative estimate of drug-likeness (QED) is 0.523. The third-order valence-electron chi connectivity index (χ3n) is 4.59. The molecule has 0 unspecified atom stereocenters. The van der Waals surface area contributed by atoms with E-state index in [9.17, 15) is 17.2 Å². The van der Waals surface area contributed by atoms with Gasteiger partial charge in [0.25, 0.3) is 0 Å². The second-order valence-corrected chi connectivity index (χ2v) is 9.84. The van der Waals surface area contributed by atoms with Crippen LogP contribution in [0.2, 0.25) is 0 Å². The average molecular weight is 439 g/mol. The summed E-state index contributed by atoms with van der Waals surface area (Å²) >= 11 is 0. The zero-order valence-electron chi connectivity index (χ0n) is 17.1. The smallest absolute Gasteiger partial charge is 0.213 e. The summed E-state index contributed by atoms with van der Waals surface area (Å²) in [5.41, 5.74) is 0.374. The van der Waals surface area contributed by atoms with Gasteiger partial charge < -0.3 is 10.3 Å². The van der Waals surface area contributed by atoms with E-state index in [0.29, 0.717) is 16.6 Å². The van der Waals surface area contributed by atoms with Crippen LogP contribution in [-0.2, 0) is 10.0 Å². The van der Waals surface area contributed by atoms with Crippen LogP contribution in [0.15, 0.2) is 24.7 Å². The van der Waals surface area contributed by atoms with E-state index >= 15 is 0 Å². The molecule has 0 aliphatic heterocycles. The number of sulfonamides is 1. The van der Waals surface area contributed by atoms with Crippen molar-refractivity contribution in [1.82, 2.24) is 24.7 Å². The molecule has 0 bridgehead atoms. The first-order chi connectivity index (χ1) is 14.0. The molecule has 11 heteroatoms. The van der Waals surface area contributed by atoms with Crippen LogP contribution in [-0.4, -0.2) is 46.7 Å². The molecule has 0 radical (unpaired) electrons. The topological polar surface area (TPSA) is 113 Å². The Kier molecular flexibility index (Phi) is 6.04. The van der Waals surface area contributed by atoms with Crippen LogP contribution in [0, 0.1) is 17.0 Å². The molecule has 3 N–H and O–H groups in total. The fraction of sp³-hybridized carbons (Fsp3) is 0.421. The number of H-pyrrole nitrogens is 1. The zero-order chi connectivity index (χ0) is 22.1. The van der Waals surface area contributed by atoms with E-state index in [1.165, 1.54) is 6.07 Å². The van der Waals surface area contributed by atoms with Gasteiger partial charge in [-0.25, -0.2) is 36.9 Å². The minimum Gasteiger partial charge on any atom is -0.363 e. The van der Waals surface area contributed by atoms with Gasteiger partial charge in [-0.1, -0.05) is 27.7 Å². The van der Waals surface area contributed by atoms with Crippen molar-refractivity contribution in [3.8, 4) is 11.4 Å². The number of aromatic amines is 1. The number of hydrogen-bond donors (Lipinski definition) is 3. The molecule has 0 aromatic carbocycles. The monoisotopic (exact) mass is 438 g/mol. The van der Waals surface area contributed by atoms with Crippen LogP contribution in [0.3, 0.4) is 0 Å². The summed E-state index contributed by atoms with van der Waals surface area (Å²) in [5.74, 6) is -1.49. The number of fused-ring (bicyclic) bond motifs is 1. The number of aromatic nitrogens is 4. The van der Waals surface area contributed by atoms with Crippen LogP contribution >= 0.6 is 0 Å². The minimum absolute atomic E-state index is 0.134. The number of pyridine rings is 1. The first-order valence-electron chi connectivity index (χ1n) is 9.39. The molecule has 3 heterocycles. The molecular formula is C19H24F2N6O2S. The molecule has 0 spiro atoms. The lowest BCUT2D eigenvalue weighted by Crippen LogP contribution is -2.43. The Morgan fingerprint density at radius 1 is 1.20 bits per heavy atom. The minimum atomic E-state index is -3.57. The number of hydrogen-bond acceptors (Lipinski definition) is 6. The highest BCUT2D eigenvalue weighted by Gasteiger charge is 2.30. The Morgan fingerprint density at radius 2 is 1.93 bits per heavy atom. The maximum absolute atomic E-state index is 14.5. The molecule has 3 aromatic heterocycles. The summed E-state index contributed by atoms with van der Waals surface area (Å²) in [4.78, 5) is 15.1. The first-order valence-corrected chi connectivity index (χ1v) is 11.0. The van der Waals surface area contributed by atoms with Gasteiger partial charge in [-0.05, 0) is 11.5 Å². The summed E-state index contributed by atoms with van der Waals surface area (Å²) in [5, 5.41) is 3.37. The molecular weight excluding hydrogens is 414 g/mol. The van der Waals surface area contributed by atoms with Gasteiger partial charge in [-0.15, -0.1) is 0 Å². The van der Waals surface area contributed by atoms with E-state index in [1.807, 2.05) is 20.8 Å². The SMILES string of the molecule is CCNS(=O)(=O)C[C@@H](Nc1nc(-c2c[nH]c3ncc(F)cc23)ncc1F)C(C)(C)C. The van der Waals surface area contributed by atoms with Crippen molar-refractivity contribution in [2.45, 2.75) is 33.7 Å². The van der Waals surface area contributed by atoms with E-state index in [1.54, 1.807) is 13.1 Å². The number of halogens is 2. The van der Waals surface area contributed by atoms with Crippen LogP contribution < -0.4 is 10.0 Å². The Hall–Kier alpha value is -2.66. The van der Waals surface area contributed by atoms with Crippen LogP contribution in [0.25, 0.3) is 22.4 Å². The van der Waals surface area contributed by atoms with E-state index in [0.717, 1.165) is 12.4 Å². The molecule has 162 valence electrons. The largest absolute Gasteiger partial charge is 0.363 e. The normalized spacial score (nSPS) is 13.5. The van der Waals surface area contributed by atoms with Gasteiger partial charge in [0.1, 0.15) is 11.5 Å². The maximum atomic E-state index is 14.5. The molecule has 8 nitrogen and oxygen atoms in total. The van der Waals surface area contributed by atoms with Gasteiger partial charge in [-0.3, -0.25) is 0 Å². The lowest BCUT2D eigenvalue weighted by Gasteiger charge is -2.31. The third kappa shape index (κ3) is 4.90. The summed E-state index contributed by atoms with van der Waals surface area (Å²) in [6.45, 7) is 7.49. The Bertz CT molecular complexity index is 1160. The molecule has 0 saturated heterocycles. The van der Waals surface area contributed by atoms with Crippen molar-refractivity contribution in [2.24, 2.45) is 5.41 Å². The van der Waals surface area contributed by atoms with E-state index < -0.39 is 33.1 Å². The molecule has 0 fully saturated rings. The van der Waals surface area contributed by atoms with Gasteiger partial charge >= 0.3 is 0 Å². The Balaban J connectivity index is 1.98. The van der Waals surface area contributed by atoms with Gasteiger partial charge in [-0.2, -0.15) is 0 Å². The first kappa shape index (κ1) is 22.0. The predicted molar refractivity (Wildman–Crippen MR) is 111 cm³/mol. The standard InChI is InChI=1S/C19H24F2N6O2S/c1-5-25-30(28,29)10-15(19(2,3)4)26-18-14(21)9-24-17(27-18)13-8-23-16-12(13)6-11(20)7-22-16/h6-9,15,25H,5,10H2,1-4H3,(H,22,23)(H,24,26,27)/t15-/m1/s1.